The fraction of sp³-hybridized carbons (Fsp3) is 0.0952. The normalized spacial score (nSPS) is 17.4. The molecule has 0 radical (unpaired) electrons. The Morgan fingerprint density at radius 2 is 1.09 bits per heavy atom. The summed E-state index contributed by atoms with van der Waals surface area (Å²) in [5.74, 6) is -4.47. The second-order valence-electron chi connectivity index (χ2n) is 13.3. The topological polar surface area (TPSA) is 191 Å². The standard InChI is InChI=1S/C42H32N2O10S2/c43-41-39(53-55(47,48)23-25-8-2-1-3-9-25)35(45)37(51-41)31-19-17-27-16-18-30(21-32(27)22-31)29-13-6-10-26(20-29)24-56(49,50)54-40-36(46)38(52-42(40)44)34-15-7-12-28-11-4-5-14-33(28)34/h1-22,37-38H,23-24,43-44H2. The molecule has 0 aliphatic carbocycles. The number of carbonyl (C=O) groups is 2. The highest BCUT2D eigenvalue weighted by molar-refractivity contribution is 7.86. The van der Waals surface area contributed by atoms with E-state index in [4.69, 9.17) is 29.3 Å². The average molecular weight is 789 g/mol. The average Bonchev–Trinajstić information content (AvgIpc) is 3.61. The zero-order valence-corrected chi connectivity index (χ0v) is 31.0. The Labute approximate surface area is 321 Å². The summed E-state index contributed by atoms with van der Waals surface area (Å²) in [6.45, 7) is 0. The third-order valence-corrected chi connectivity index (χ3v) is 11.6. The van der Waals surface area contributed by atoms with E-state index in [0.717, 1.165) is 21.7 Å². The van der Waals surface area contributed by atoms with Crippen LogP contribution in [0.1, 0.15) is 34.5 Å². The van der Waals surface area contributed by atoms with Gasteiger partial charge in [0.2, 0.25) is 34.9 Å². The Hall–Kier alpha value is -6.64. The summed E-state index contributed by atoms with van der Waals surface area (Å²) in [4.78, 5) is 26.7. The number of hydrogen-bond acceptors (Lipinski definition) is 12. The number of carbonyl (C=O) groups excluding carboxylic acids is 2. The quantitative estimate of drug-likeness (QED) is 0.140. The van der Waals surface area contributed by atoms with Crippen LogP contribution >= 0.6 is 0 Å². The second kappa shape index (κ2) is 14.2. The maximum Gasteiger partial charge on any atom is 0.313 e. The first-order valence-corrected chi connectivity index (χ1v) is 20.4. The molecule has 0 saturated carbocycles. The maximum absolute atomic E-state index is 13.4. The summed E-state index contributed by atoms with van der Waals surface area (Å²) in [5.41, 5.74) is 15.2. The summed E-state index contributed by atoms with van der Waals surface area (Å²) in [6, 6.07) is 38.7. The van der Waals surface area contributed by atoms with E-state index in [-0.39, 0.29) is 0 Å². The molecule has 4 N–H and O–H groups in total. The lowest BCUT2D eigenvalue weighted by molar-refractivity contribution is -0.123. The molecule has 2 unspecified atom stereocenters. The van der Waals surface area contributed by atoms with Crippen molar-refractivity contribution in [3.63, 3.8) is 0 Å². The molecule has 0 amide bonds. The Bertz CT molecular complexity index is 2870. The van der Waals surface area contributed by atoms with Crippen molar-refractivity contribution in [1.82, 2.24) is 0 Å². The van der Waals surface area contributed by atoms with Crippen LogP contribution in [0.25, 0.3) is 32.7 Å². The molecule has 6 aromatic carbocycles. The van der Waals surface area contributed by atoms with Gasteiger partial charge in [-0.3, -0.25) is 9.59 Å². The number of nitrogens with two attached hydrogens (primary N) is 2. The Balaban J connectivity index is 0.972. The minimum Gasteiger partial charge on any atom is -0.460 e. The molecule has 0 aromatic heterocycles. The zero-order chi connectivity index (χ0) is 39.2. The molecular formula is C42H32N2O10S2. The highest BCUT2D eigenvalue weighted by atomic mass is 32.2. The van der Waals surface area contributed by atoms with E-state index in [1.165, 1.54) is 0 Å². The Morgan fingerprint density at radius 3 is 1.84 bits per heavy atom. The molecule has 0 spiro atoms. The summed E-state index contributed by atoms with van der Waals surface area (Å²) in [5, 5.41) is 3.18. The Kier molecular flexibility index (Phi) is 9.22. The van der Waals surface area contributed by atoms with E-state index in [1.54, 1.807) is 84.9 Å². The van der Waals surface area contributed by atoms with Gasteiger partial charge in [-0.25, -0.2) is 0 Å². The van der Waals surface area contributed by atoms with Crippen molar-refractivity contribution in [3.8, 4) is 11.1 Å². The van der Waals surface area contributed by atoms with Crippen LogP contribution in [0.3, 0.4) is 0 Å². The zero-order valence-electron chi connectivity index (χ0n) is 29.3. The molecule has 0 fully saturated rings. The Morgan fingerprint density at radius 1 is 0.518 bits per heavy atom. The molecule has 6 aromatic rings. The third-order valence-electron chi connectivity index (χ3n) is 9.34. The van der Waals surface area contributed by atoms with Crippen molar-refractivity contribution in [2.24, 2.45) is 11.5 Å². The van der Waals surface area contributed by atoms with Gasteiger partial charge in [0.05, 0.1) is 0 Å². The molecule has 2 heterocycles. The smallest absolute Gasteiger partial charge is 0.313 e. The molecular weight excluding hydrogens is 757 g/mol. The van der Waals surface area contributed by atoms with Crippen LogP contribution in [-0.2, 0) is 59.2 Å². The van der Waals surface area contributed by atoms with Crippen LogP contribution in [0.2, 0.25) is 0 Å². The largest absolute Gasteiger partial charge is 0.460 e. The van der Waals surface area contributed by atoms with Crippen LogP contribution in [-0.4, -0.2) is 28.4 Å². The molecule has 282 valence electrons. The second-order valence-corrected chi connectivity index (χ2v) is 16.4. The number of benzene rings is 6. The first kappa shape index (κ1) is 36.3. The van der Waals surface area contributed by atoms with Gasteiger partial charge in [-0.1, -0.05) is 121 Å². The van der Waals surface area contributed by atoms with Crippen molar-refractivity contribution < 1.29 is 44.3 Å². The molecule has 14 heteroatoms. The predicted octanol–water partition coefficient (Wildman–Crippen LogP) is 6.29. The number of Topliss-reactive ketones (excluding diaryl/α,β-unsaturated/α-hetero) is 2. The van der Waals surface area contributed by atoms with Gasteiger partial charge in [0.1, 0.15) is 11.5 Å². The van der Waals surface area contributed by atoms with Crippen molar-refractivity contribution in [3.05, 3.63) is 179 Å². The van der Waals surface area contributed by atoms with Crippen LogP contribution in [0.4, 0.5) is 0 Å². The lowest BCUT2D eigenvalue weighted by Gasteiger charge is -2.13. The van der Waals surface area contributed by atoms with E-state index in [0.29, 0.717) is 33.2 Å². The van der Waals surface area contributed by atoms with E-state index in [1.807, 2.05) is 48.5 Å². The first-order chi connectivity index (χ1) is 26.8. The van der Waals surface area contributed by atoms with Crippen LogP contribution in [0.5, 0.6) is 0 Å². The van der Waals surface area contributed by atoms with Gasteiger partial charge >= 0.3 is 20.2 Å². The van der Waals surface area contributed by atoms with Crippen LogP contribution in [0.15, 0.2) is 157 Å². The van der Waals surface area contributed by atoms with Gasteiger partial charge in [0.15, 0.2) is 12.2 Å². The van der Waals surface area contributed by atoms with E-state index in [9.17, 15) is 26.4 Å². The summed E-state index contributed by atoms with van der Waals surface area (Å²) in [6.07, 6.45) is -2.39. The van der Waals surface area contributed by atoms with Gasteiger partial charge in [0.25, 0.3) is 0 Å². The van der Waals surface area contributed by atoms with E-state index in [2.05, 4.69) is 0 Å². The fourth-order valence-electron chi connectivity index (χ4n) is 6.76. The number of fused-ring (bicyclic) bond motifs is 2. The van der Waals surface area contributed by atoms with Crippen molar-refractivity contribution in [2.75, 3.05) is 0 Å². The maximum atomic E-state index is 13.4. The van der Waals surface area contributed by atoms with Crippen LogP contribution in [0, 0.1) is 0 Å². The van der Waals surface area contributed by atoms with Crippen molar-refractivity contribution in [2.45, 2.75) is 23.7 Å². The summed E-state index contributed by atoms with van der Waals surface area (Å²) in [7, 11) is -8.59. The van der Waals surface area contributed by atoms with Gasteiger partial charge in [0, 0.05) is 11.1 Å². The molecule has 2 atom stereocenters. The third kappa shape index (κ3) is 7.27. The monoisotopic (exact) mass is 788 g/mol. The highest BCUT2D eigenvalue weighted by Gasteiger charge is 2.41. The molecule has 12 nitrogen and oxygen atoms in total. The van der Waals surface area contributed by atoms with Gasteiger partial charge in [-0.05, 0) is 55.9 Å². The van der Waals surface area contributed by atoms with Crippen LogP contribution < -0.4 is 11.5 Å². The van der Waals surface area contributed by atoms with E-state index >= 15 is 0 Å². The lowest BCUT2D eigenvalue weighted by atomic mass is 9.97. The van der Waals surface area contributed by atoms with Gasteiger partial charge < -0.3 is 29.3 Å². The molecule has 0 saturated heterocycles. The number of rotatable bonds is 11. The molecule has 2 aliphatic rings. The minimum absolute atomic E-state index is 0.383. The molecule has 0 bridgehead atoms. The number of hydrogen-bond donors (Lipinski definition) is 2. The van der Waals surface area contributed by atoms with E-state index < -0.39 is 78.8 Å². The summed E-state index contributed by atoms with van der Waals surface area (Å²) < 4.78 is 73.8. The molecule has 8 rings (SSSR count). The lowest BCUT2D eigenvalue weighted by Crippen LogP contribution is -2.16. The fourth-order valence-corrected chi connectivity index (χ4v) is 8.90. The first-order valence-electron chi connectivity index (χ1n) is 17.2. The molecule has 2 aliphatic heterocycles. The number of ketones is 2. The van der Waals surface area contributed by atoms with Gasteiger partial charge in [-0.15, -0.1) is 0 Å². The summed E-state index contributed by atoms with van der Waals surface area (Å²) >= 11 is 0. The number of ether oxygens (including phenoxy) is 2. The van der Waals surface area contributed by atoms with Gasteiger partial charge in [-0.2, -0.15) is 16.8 Å². The van der Waals surface area contributed by atoms with Crippen molar-refractivity contribution in [1.29, 1.82) is 0 Å². The highest BCUT2D eigenvalue weighted by Crippen LogP contribution is 2.37. The van der Waals surface area contributed by atoms with Crippen molar-refractivity contribution >= 4 is 53.3 Å². The minimum atomic E-state index is -4.37. The molecule has 56 heavy (non-hydrogen) atoms. The SMILES string of the molecule is NC1=C(OS(=O)(=O)Cc2ccccc2)C(=O)C(c2ccc3ccc(-c4cccc(CS(=O)(=O)OC5=C(N)OC(c6cccc7ccccc67)C5=O)c4)cc3c2)O1. The predicted molar refractivity (Wildman–Crippen MR) is 207 cm³/mol.